The number of carbonyl (C=O) groups excluding carboxylic acids is 2. The average Bonchev–Trinajstić information content (AvgIpc) is 3.45. The zero-order valence-electron chi connectivity index (χ0n) is 25.0. The van der Waals surface area contributed by atoms with Crippen LogP contribution in [0.5, 0.6) is 0 Å². The molecule has 1 aromatic heterocycles. The summed E-state index contributed by atoms with van der Waals surface area (Å²) in [4.78, 5) is 28.3. The van der Waals surface area contributed by atoms with Crippen LogP contribution < -0.4 is 5.32 Å². The van der Waals surface area contributed by atoms with Gasteiger partial charge in [0, 0.05) is 47.8 Å². The lowest BCUT2D eigenvalue weighted by atomic mass is 9.90. The number of ether oxygens (including phenoxy) is 1. The van der Waals surface area contributed by atoms with Gasteiger partial charge in [-0.3, -0.25) is 9.48 Å². The maximum atomic E-state index is 15.6. The number of carbonyl (C=O) groups is 2. The number of nitrogens with one attached hydrogen (secondary N) is 1. The van der Waals surface area contributed by atoms with Gasteiger partial charge in [-0.1, -0.05) is 12.1 Å². The molecule has 2 fully saturated rings. The van der Waals surface area contributed by atoms with E-state index >= 15 is 4.39 Å². The highest BCUT2D eigenvalue weighted by atomic mass is 19.1. The lowest BCUT2D eigenvalue weighted by Crippen LogP contribution is -2.53. The van der Waals surface area contributed by atoms with Crippen molar-refractivity contribution in [3.63, 3.8) is 0 Å². The Bertz CT molecular complexity index is 1820. The summed E-state index contributed by atoms with van der Waals surface area (Å²) in [5.41, 5.74) is 1.97. The Kier molecular flexibility index (Phi) is 7.36. The van der Waals surface area contributed by atoms with Crippen molar-refractivity contribution in [2.45, 2.75) is 70.2 Å². The van der Waals surface area contributed by atoms with E-state index in [-0.39, 0.29) is 29.6 Å². The number of hydrogen-bond acceptors (Lipinski definition) is 5. The number of nitriles is 1. The van der Waals surface area contributed by atoms with Gasteiger partial charge >= 0.3 is 6.09 Å². The molecule has 0 aliphatic carbocycles. The second-order valence-corrected chi connectivity index (χ2v) is 12.6. The first-order valence-electron chi connectivity index (χ1n) is 14.7. The Morgan fingerprint density at radius 2 is 1.70 bits per heavy atom. The number of aryl methyl sites for hydroxylation is 1. The molecule has 44 heavy (non-hydrogen) atoms. The largest absolute Gasteiger partial charge is 0.444 e. The molecule has 3 aromatic carbocycles. The molecule has 6 rings (SSSR count). The average molecular weight is 598 g/mol. The number of benzene rings is 3. The molecule has 2 atom stereocenters. The number of alkyl carbamates (subject to hydrolysis) is 1. The number of amides is 2. The number of fused-ring (bicyclic) bond motifs is 3. The van der Waals surface area contributed by atoms with Crippen molar-refractivity contribution in [3.05, 3.63) is 77.5 Å². The first kappa shape index (κ1) is 29.3. The van der Waals surface area contributed by atoms with E-state index in [9.17, 15) is 19.2 Å². The van der Waals surface area contributed by atoms with Crippen LogP contribution >= 0.6 is 0 Å². The van der Waals surface area contributed by atoms with Crippen molar-refractivity contribution in [2.24, 2.45) is 7.05 Å². The summed E-state index contributed by atoms with van der Waals surface area (Å²) in [5, 5.41) is 17.2. The van der Waals surface area contributed by atoms with Crippen molar-refractivity contribution < 1.29 is 23.1 Å². The van der Waals surface area contributed by atoms with E-state index in [4.69, 9.17) is 4.74 Å². The van der Waals surface area contributed by atoms with Crippen LogP contribution in [0, 0.1) is 23.0 Å². The van der Waals surface area contributed by atoms with Crippen LogP contribution in [0.4, 0.5) is 13.6 Å². The molecule has 0 radical (unpaired) electrons. The maximum Gasteiger partial charge on any atom is 0.407 e. The van der Waals surface area contributed by atoms with Gasteiger partial charge in [0.15, 0.2) is 0 Å². The minimum absolute atomic E-state index is 0.0536. The summed E-state index contributed by atoms with van der Waals surface area (Å²) in [7, 11) is 1.73. The minimum Gasteiger partial charge on any atom is -0.444 e. The number of rotatable bonds is 4. The lowest BCUT2D eigenvalue weighted by Gasteiger charge is -2.39. The van der Waals surface area contributed by atoms with Crippen LogP contribution in [0.25, 0.3) is 33.2 Å². The van der Waals surface area contributed by atoms with Crippen molar-refractivity contribution >= 4 is 22.9 Å². The standard InChI is InChI=1S/C34H33F2N5O3/c1-34(2,3)44-33(43)39-23-14-24-8-9-25(15-23)41(24)32(42)20-7-10-26(27(11-20)19-5-6-21(17-37)29(35)13-19)28-12-22-18-38-40(4)31(22)16-30(28)36/h5-7,10-13,16,18,23-25H,8-9,14-15H2,1-4H3,(H,39,43). The van der Waals surface area contributed by atoms with E-state index in [0.29, 0.717) is 46.2 Å². The summed E-state index contributed by atoms with van der Waals surface area (Å²) in [5.74, 6) is -1.35. The van der Waals surface area contributed by atoms with Crippen LogP contribution in [0.2, 0.25) is 0 Å². The van der Waals surface area contributed by atoms with Crippen LogP contribution in [-0.2, 0) is 11.8 Å². The molecule has 2 saturated heterocycles. The highest BCUT2D eigenvalue weighted by Crippen LogP contribution is 2.40. The highest BCUT2D eigenvalue weighted by molar-refractivity contribution is 5.99. The van der Waals surface area contributed by atoms with Gasteiger partial charge in [-0.2, -0.15) is 10.4 Å². The van der Waals surface area contributed by atoms with Gasteiger partial charge in [0.05, 0.1) is 17.3 Å². The molecule has 2 unspecified atom stereocenters. The normalized spacial score (nSPS) is 19.6. The smallest absolute Gasteiger partial charge is 0.407 e. The Hall–Kier alpha value is -4.78. The Balaban J connectivity index is 1.35. The van der Waals surface area contributed by atoms with Gasteiger partial charge in [0.25, 0.3) is 5.91 Å². The highest BCUT2D eigenvalue weighted by Gasteiger charge is 2.44. The van der Waals surface area contributed by atoms with E-state index < -0.39 is 23.3 Å². The molecule has 10 heteroatoms. The molecule has 8 nitrogen and oxygen atoms in total. The topological polar surface area (TPSA) is 100 Å². The number of piperidine rings is 1. The SMILES string of the molecule is Cn1ncc2cc(-c3ccc(C(=O)N4C5CCC4CC(NC(=O)OC(C)(C)C)C5)cc3-c3ccc(C#N)c(F)c3)c(F)cc21. The molecule has 4 aromatic rings. The van der Waals surface area contributed by atoms with E-state index in [1.807, 2.05) is 31.7 Å². The van der Waals surface area contributed by atoms with E-state index in [0.717, 1.165) is 18.2 Å². The van der Waals surface area contributed by atoms with Crippen LogP contribution in [0.1, 0.15) is 62.4 Å². The molecule has 3 heterocycles. The Morgan fingerprint density at radius 1 is 0.977 bits per heavy atom. The van der Waals surface area contributed by atoms with Gasteiger partial charge < -0.3 is 15.0 Å². The molecule has 226 valence electrons. The first-order chi connectivity index (χ1) is 20.9. The number of nitrogens with zero attached hydrogens (tertiary/aromatic N) is 4. The predicted octanol–water partition coefficient (Wildman–Crippen LogP) is 6.72. The fourth-order valence-corrected chi connectivity index (χ4v) is 6.55. The van der Waals surface area contributed by atoms with Crippen LogP contribution in [-0.4, -0.2) is 50.4 Å². The fourth-order valence-electron chi connectivity index (χ4n) is 6.55. The van der Waals surface area contributed by atoms with E-state index in [1.54, 1.807) is 48.3 Å². The summed E-state index contributed by atoms with van der Waals surface area (Å²) < 4.78 is 37.4. The zero-order chi connectivity index (χ0) is 31.3. The molecule has 2 bridgehead atoms. The van der Waals surface area contributed by atoms with Crippen LogP contribution in [0.3, 0.4) is 0 Å². The fraction of sp³-hybridized carbons (Fsp3) is 0.353. The second kappa shape index (κ2) is 11.1. The van der Waals surface area contributed by atoms with Gasteiger partial charge in [0.1, 0.15) is 23.3 Å². The molecule has 0 spiro atoms. The third kappa shape index (κ3) is 5.50. The molecule has 2 aliphatic rings. The maximum absolute atomic E-state index is 15.6. The zero-order valence-corrected chi connectivity index (χ0v) is 25.0. The second-order valence-electron chi connectivity index (χ2n) is 12.6. The van der Waals surface area contributed by atoms with Crippen molar-refractivity contribution in [1.29, 1.82) is 5.26 Å². The summed E-state index contributed by atoms with van der Waals surface area (Å²) in [6, 6.07) is 14.0. The molecule has 0 saturated carbocycles. The lowest BCUT2D eigenvalue weighted by molar-refractivity contribution is 0.0418. The summed E-state index contributed by atoms with van der Waals surface area (Å²) in [6.07, 6.45) is 4.06. The van der Waals surface area contributed by atoms with E-state index in [1.165, 1.54) is 18.2 Å². The number of halogens is 2. The first-order valence-corrected chi connectivity index (χ1v) is 14.7. The summed E-state index contributed by atoms with van der Waals surface area (Å²) >= 11 is 0. The third-order valence-electron chi connectivity index (χ3n) is 8.48. The number of hydrogen-bond donors (Lipinski definition) is 1. The number of aromatic nitrogens is 2. The predicted molar refractivity (Wildman–Crippen MR) is 162 cm³/mol. The van der Waals surface area contributed by atoms with Crippen LogP contribution in [0.15, 0.2) is 54.7 Å². The minimum atomic E-state index is -0.700. The molecular weight excluding hydrogens is 564 g/mol. The van der Waals surface area contributed by atoms with Gasteiger partial charge in [-0.15, -0.1) is 0 Å². The van der Waals surface area contributed by atoms with Gasteiger partial charge in [-0.25, -0.2) is 13.6 Å². The quantitative estimate of drug-likeness (QED) is 0.282. The van der Waals surface area contributed by atoms with Crippen molar-refractivity contribution in [1.82, 2.24) is 20.0 Å². The third-order valence-corrected chi connectivity index (χ3v) is 8.48. The van der Waals surface area contributed by atoms with Crippen molar-refractivity contribution in [2.75, 3.05) is 0 Å². The Morgan fingerprint density at radius 3 is 2.36 bits per heavy atom. The van der Waals surface area contributed by atoms with E-state index in [2.05, 4.69) is 10.4 Å². The Labute approximate surface area is 254 Å². The molecule has 1 N–H and O–H groups in total. The molecule has 2 amide bonds. The molecule has 2 aliphatic heterocycles. The van der Waals surface area contributed by atoms with Crippen molar-refractivity contribution in [3.8, 4) is 28.3 Å². The summed E-state index contributed by atoms with van der Waals surface area (Å²) in [6.45, 7) is 5.44. The monoisotopic (exact) mass is 597 g/mol. The van der Waals surface area contributed by atoms with Gasteiger partial charge in [0.2, 0.25) is 0 Å². The molecular formula is C34H33F2N5O3. The van der Waals surface area contributed by atoms with Gasteiger partial charge in [-0.05, 0) is 93.5 Å².